The van der Waals surface area contributed by atoms with E-state index < -0.39 is 0 Å². The van der Waals surface area contributed by atoms with E-state index in [-0.39, 0.29) is 6.29 Å². The number of rotatable bonds is 3. The Hall–Kier alpha value is -2.12. The number of aromatic amines is 1. The molecule has 0 aromatic carbocycles. The fourth-order valence-electron chi connectivity index (χ4n) is 5.14. The lowest BCUT2D eigenvalue weighted by atomic mass is 9.77. The molecule has 2 aromatic rings. The van der Waals surface area contributed by atoms with Gasteiger partial charge in [0.25, 0.3) is 0 Å². The lowest BCUT2D eigenvalue weighted by Gasteiger charge is -2.45. The van der Waals surface area contributed by atoms with E-state index in [4.69, 9.17) is 4.99 Å². The molecule has 1 aliphatic carbocycles. The monoisotopic (exact) mass is 367 g/mol. The summed E-state index contributed by atoms with van der Waals surface area (Å²) in [5.41, 5.74) is 2.69. The highest BCUT2D eigenvalue weighted by molar-refractivity contribution is 5.79. The maximum atomic E-state index is 4.92. The molecule has 2 N–H and O–H groups in total. The third-order valence-electron chi connectivity index (χ3n) is 6.77. The molecule has 7 heteroatoms. The Labute approximate surface area is 160 Å². The number of fused-ring (bicyclic) bond motifs is 1. The van der Waals surface area contributed by atoms with Crippen molar-refractivity contribution in [2.75, 3.05) is 25.1 Å². The summed E-state index contributed by atoms with van der Waals surface area (Å²) in [4.78, 5) is 7.43. The summed E-state index contributed by atoms with van der Waals surface area (Å²) >= 11 is 0. The largest absolute Gasteiger partial charge is 0.317 e. The molecule has 2 atom stereocenters. The maximum Gasteiger partial charge on any atom is 0.198 e. The molecule has 2 unspecified atom stereocenters. The summed E-state index contributed by atoms with van der Waals surface area (Å²) in [6.07, 6.45) is 10.6. The Bertz CT molecular complexity index is 827. The lowest BCUT2D eigenvalue weighted by molar-refractivity contribution is 0.0712. The molecular weight excluding hydrogens is 338 g/mol. The number of aromatic nitrogens is 3. The highest BCUT2D eigenvalue weighted by Gasteiger charge is 2.43. The maximum absolute atomic E-state index is 4.92. The summed E-state index contributed by atoms with van der Waals surface area (Å²) in [7, 11) is 2.11. The van der Waals surface area contributed by atoms with Crippen molar-refractivity contribution in [2.45, 2.75) is 51.4 Å². The number of piperidine rings is 1. The Kier molecular flexibility index (Phi) is 4.09. The van der Waals surface area contributed by atoms with Gasteiger partial charge in [-0.1, -0.05) is 0 Å². The molecule has 5 rings (SSSR count). The normalized spacial score (nSPS) is 27.4. The number of nitrogens with one attached hydrogen (secondary N) is 2. The van der Waals surface area contributed by atoms with Crippen molar-refractivity contribution in [3.63, 3.8) is 0 Å². The van der Waals surface area contributed by atoms with Crippen molar-refractivity contribution in [2.24, 2.45) is 10.4 Å². The minimum Gasteiger partial charge on any atom is -0.317 e. The van der Waals surface area contributed by atoms with E-state index in [0.717, 1.165) is 30.3 Å². The molecule has 2 aromatic heterocycles. The predicted molar refractivity (Wildman–Crippen MR) is 107 cm³/mol. The summed E-state index contributed by atoms with van der Waals surface area (Å²) in [6, 6.07) is 6.96. The van der Waals surface area contributed by atoms with Gasteiger partial charge in [-0.25, -0.2) is 10.0 Å². The molecule has 4 heterocycles. The van der Waals surface area contributed by atoms with E-state index in [1.165, 1.54) is 32.1 Å². The number of hydrogen-bond acceptors (Lipinski definition) is 5. The molecular formula is C20H29N7. The first-order chi connectivity index (χ1) is 13.2. The van der Waals surface area contributed by atoms with Crippen LogP contribution in [0.15, 0.2) is 29.4 Å². The van der Waals surface area contributed by atoms with E-state index >= 15 is 0 Å². The topological polar surface area (TPSA) is 64.5 Å². The molecule has 144 valence electrons. The molecule has 0 radical (unpaired) electrons. The highest BCUT2D eigenvalue weighted by Crippen LogP contribution is 2.46. The van der Waals surface area contributed by atoms with Crippen LogP contribution in [0.3, 0.4) is 0 Å². The fourth-order valence-corrected chi connectivity index (χ4v) is 5.14. The average Bonchev–Trinajstić information content (AvgIpc) is 3.41. The van der Waals surface area contributed by atoms with E-state index in [1.807, 2.05) is 13.1 Å². The smallest absolute Gasteiger partial charge is 0.198 e. The van der Waals surface area contributed by atoms with Crippen LogP contribution in [0, 0.1) is 12.3 Å². The Morgan fingerprint density at radius 3 is 2.81 bits per heavy atom. The number of likely N-dealkylation sites (tertiary alicyclic amines) is 1. The lowest BCUT2D eigenvalue weighted by Crippen LogP contribution is -2.55. The van der Waals surface area contributed by atoms with Gasteiger partial charge in [0.15, 0.2) is 12.1 Å². The second-order valence-corrected chi connectivity index (χ2v) is 8.42. The van der Waals surface area contributed by atoms with E-state index in [2.05, 4.69) is 61.5 Å². The molecule has 2 aliphatic heterocycles. The predicted octanol–water partition coefficient (Wildman–Crippen LogP) is 2.36. The van der Waals surface area contributed by atoms with Gasteiger partial charge in [-0.3, -0.25) is 14.7 Å². The zero-order valence-corrected chi connectivity index (χ0v) is 16.2. The third kappa shape index (κ3) is 2.89. The minimum absolute atomic E-state index is 0.0357. The first-order valence-electron chi connectivity index (χ1n) is 10.1. The van der Waals surface area contributed by atoms with Gasteiger partial charge in [0, 0.05) is 37.1 Å². The summed E-state index contributed by atoms with van der Waals surface area (Å²) in [6.45, 7) is 4.22. The van der Waals surface area contributed by atoms with Crippen LogP contribution in [0.5, 0.6) is 0 Å². The van der Waals surface area contributed by atoms with Crippen LogP contribution in [-0.2, 0) is 0 Å². The number of H-pyrrole nitrogens is 1. The van der Waals surface area contributed by atoms with Crippen LogP contribution in [0.2, 0.25) is 0 Å². The molecule has 1 saturated heterocycles. The van der Waals surface area contributed by atoms with Crippen molar-refractivity contribution in [3.8, 4) is 0 Å². The molecule has 0 amide bonds. The second-order valence-electron chi connectivity index (χ2n) is 8.42. The standard InChI is InChI=1S/C20H29N7/c1-15-12-18(24-23-15)27-19(22-14-17-4-3-9-26(17)27)25-10-7-20(8-11-25)6-5-16(13-20)21-2/h3-4,9,12,14,16,19,21H,5-8,10-11,13H2,1-2H3,(H,23,24). The van der Waals surface area contributed by atoms with Gasteiger partial charge in [0.05, 0.1) is 11.9 Å². The Morgan fingerprint density at radius 1 is 1.26 bits per heavy atom. The number of nitrogens with zero attached hydrogens (tertiary/aromatic N) is 5. The van der Waals surface area contributed by atoms with E-state index in [1.54, 1.807) is 0 Å². The zero-order valence-electron chi connectivity index (χ0n) is 16.2. The molecule has 7 nitrogen and oxygen atoms in total. The van der Waals surface area contributed by atoms with Crippen molar-refractivity contribution in [1.82, 2.24) is 25.1 Å². The summed E-state index contributed by atoms with van der Waals surface area (Å²) < 4.78 is 2.17. The fraction of sp³-hybridized carbons (Fsp3) is 0.600. The summed E-state index contributed by atoms with van der Waals surface area (Å²) in [5, 5.41) is 13.3. The van der Waals surface area contributed by atoms with Crippen LogP contribution >= 0.6 is 0 Å². The van der Waals surface area contributed by atoms with Crippen LogP contribution in [-0.4, -0.2) is 58.5 Å². The number of aryl methyl sites for hydroxylation is 1. The first kappa shape index (κ1) is 17.0. The van der Waals surface area contributed by atoms with E-state index in [0.29, 0.717) is 11.5 Å². The first-order valence-corrected chi connectivity index (χ1v) is 10.1. The number of hydrogen-bond donors (Lipinski definition) is 2. The minimum atomic E-state index is -0.0357. The SMILES string of the molecule is CNC1CCC2(CCN(C3N=Cc4cccn4N3c3cc(C)[nH]n3)CC2)C1. The Morgan fingerprint density at radius 2 is 2.11 bits per heavy atom. The molecule has 27 heavy (non-hydrogen) atoms. The quantitative estimate of drug-likeness (QED) is 0.874. The van der Waals surface area contributed by atoms with E-state index in [9.17, 15) is 0 Å². The van der Waals surface area contributed by atoms with Crippen molar-refractivity contribution in [1.29, 1.82) is 0 Å². The highest BCUT2D eigenvalue weighted by atomic mass is 15.7. The zero-order chi connectivity index (χ0) is 18.4. The second kappa shape index (κ2) is 6.49. The Balaban J connectivity index is 1.38. The van der Waals surface area contributed by atoms with Crippen molar-refractivity contribution < 1.29 is 0 Å². The molecule has 1 spiro atoms. The van der Waals surface area contributed by atoms with Crippen LogP contribution in [0.1, 0.15) is 43.5 Å². The molecule has 2 fully saturated rings. The van der Waals surface area contributed by atoms with Gasteiger partial charge in [-0.2, -0.15) is 5.10 Å². The van der Waals surface area contributed by atoms with Gasteiger partial charge < -0.3 is 5.32 Å². The van der Waals surface area contributed by atoms with Gasteiger partial charge in [-0.05, 0) is 63.6 Å². The summed E-state index contributed by atoms with van der Waals surface area (Å²) in [5.74, 6) is 0.920. The van der Waals surface area contributed by atoms with Crippen LogP contribution in [0.4, 0.5) is 5.82 Å². The average molecular weight is 368 g/mol. The number of anilines is 1. The van der Waals surface area contributed by atoms with Crippen molar-refractivity contribution in [3.05, 3.63) is 35.8 Å². The molecule has 0 bridgehead atoms. The van der Waals surface area contributed by atoms with Gasteiger partial charge in [0.1, 0.15) is 0 Å². The van der Waals surface area contributed by atoms with Gasteiger partial charge in [0.2, 0.25) is 0 Å². The third-order valence-corrected chi connectivity index (χ3v) is 6.77. The van der Waals surface area contributed by atoms with Crippen LogP contribution < -0.4 is 10.3 Å². The molecule has 3 aliphatic rings. The molecule has 1 saturated carbocycles. The van der Waals surface area contributed by atoms with Crippen molar-refractivity contribution >= 4 is 12.0 Å². The van der Waals surface area contributed by atoms with Gasteiger partial charge >= 0.3 is 0 Å². The van der Waals surface area contributed by atoms with Crippen LogP contribution in [0.25, 0.3) is 0 Å². The van der Waals surface area contributed by atoms with Gasteiger partial charge in [-0.15, -0.1) is 0 Å². The number of aliphatic imine (C=N–C) groups is 1.